The van der Waals surface area contributed by atoms with Crippen LogP contribution in [0.4, 0.5) is 14.5 Å². The van der Waals surface area contributed by atoms with Crippen LogP contribution in [0.2, 0.25) is 0 Å². The van der Waals surface area contributed by atoms with Gasteiger partial charge in [0.2, 0.25) is 5.82 Å². The highest BCUT2D eigenvalue weighted by Crippen LogP contribution is 2.36. The molecule has 5 rings (SSSR count). The first-order valence-corrected chi connectivity index (χ1v) is 12.3. The number of hydrogen-bond acceptors (Lipinski definition) is 8. The van der Waals surface area contributed by atoms with Crippen LogP contribution in [0.5, 0.6) is 5.75 Å². The zero-order valence-corrected chi connectivity index (χ0v) is 18.6. The minimum atomic E-state index is -3.01. The molecule has 2 aromatic heterocycles. The molecule has 0 N–H and O–H groups in total. The molecule has 0 saturated carbocycles. The Morgan fingerprint density at radius 1 is 1.12 bits per heavy atom. The van der Waals surface area contributed by atoms with E-state index in [9.17, 15) is 17.2 Å². The fourth-order valence-electron chi connectivity index (χ4n) is 4.23. The maximum absolute atomic E-state index is 14.4. The van der Waals surface area contributed by atoms with Crippen molar-refractivity contribution >= 4 is 15.5 Å². The quantitative estimate of drug-likeness (QED) is 0.558. The Hall–Kier alpha value is -3.21. The zero-order valence-electron chi connectivity index (χ0n) is 17.8. The molecule has 2 aliphatic heterocycles. The molecule has 0 spiro atoms. The topological polar surface area (TPSA) is 98.2 Å². The van der Waals surface area contributed by atoms with Crippen LogP contribution in [0.25, 0.3) is 11.6 Å². The number of nitrogens with zero attached hydrogens (tertiary/aromatic N) is 5. The first-order valence-electron chi connectivity index (χ1n) is 10.5. The summed E-state index contributed by atoms with van der Waals surface area (Å²) in [6.45, 7) is 2.50. The smallest absolute Gasteiger partial charge is 0.200 e. The first kappa shape index (κ1) is 21.6. The fraction of sp³-hybridized carbons (Fsp3) is 0.364. The Balaban J connectivity index is 1.37. The van der Waals surface area contributed by atoms with E-state index in [2.05, 4.69) is 19.9 Å². The average Bonchev–Trinajstić information content (AvgIpc) is 2.79. The van der Waals surface area contributed by atoms with Crippen molar-refractivity contribution in [3.8, 4) is 17.4 Å². The number of fused-ring (bicyclic) bond motifs is 1. The van der Waals surface area contributed by atoms with Gasteiger partial charge in [-0.2, -0.15) is 4.39 Å². The van der Waals surface area contributed by atoms with Gasteiger partial charge in [0.1, 0.15) is 0 Å². The predicted molar refractivity (Wildman–Crippen MR) is 117 cm³/mol. The molecule has 2 aliphatic rings. The molecule has 0 bridgehead atoms. The van der Waals surface area contributed by atoms with Gasteiger partial charge in [-0.1, -0.05) is 0 Å². The summed E-state index contributed by atoms with van der Waals surface area (Å²) in [5.74, 6) is -1.63. The highest BCUT2D eigenvalue weighted by molar-refractivity contribution is 7.92. The molecule has 33 heavy (non-hydrogen) atoms. The maximum atomic E-state index is 14.4. The summed E-state index contributed by atoms with van der Waals surface area (Å²) < 4.78 is 56.8. The molecule has 1 aromatic carbocycles. The van der Waals surface area contributed by atoms with Gasteiger partial charge in [-0.15, -0.1) is 0 Å². The number of hydrogen-bond donors (Lipinski definition) is 0. The predicted octanol–water partition coefficient (Wildman–Crippen LogP) is 2.76. The lowest BCUT2D eigenvalue weighted by atomic mass is 9.98. The van der Waals surface area contributed by atoms with Crippen molar-refractivity contribution in [3.63, 3.8) is 0 Å². The number of aromatic nitrogens is 4. The van der Waals surface area contributed by atoms with Gasteiger partial charge in [-0.3, -0.25) is 0 Å². The second-order valence-electron chi connectivity index (χ2n) is 8.28. The van der Waals surface area contributed by atoms with E-state index in [1.165, 1.54) is 6.07 Å². The van der Waals surface area contributed by atoms with Crippen LogP contribution < -0.4 is 9.64 Å². The standard InChI is InChI=1S/C22H21F2N5O3S/c1-13-16-9-27-22(21-25-4-2-5-26-21)28-18(16)3-6-29(13)15-7-17(23)20(24)19(8-15)32-10-14-11-33(30,31)12-14/h2,4-5,7-9,13-14H,3,6,10-12H2,1H3. The number of anilines is 1. The number of benzene rings is 1. The fourth-order valence-corrected chi connectivity index (χ4v) is 5.76. The summed E-state index contributed by atoms with van der Waals surface area (Å²) in [7, 11) is -3.01. The van der Waals surface area contributed by atoms with E-state index in [0.29, 0.717) is 30.3 Å². The van der Waals surface area contributed by atoms with Crippen molar-refractivity contribution in [2.75, 3.05) is 29.6 Å². The molecular weight excluding hydrogens is 452 g/mol. The van der Waals surface area contributed by atoms with Crippen molar-refractivity contribution in [2.24, 2.45) is 5.92 Å². The minimum Gasteiger partial charge on any atom is -0.490 e. The summed E-state index contributed by atoms with van der Waals surface area (Å²) in [5.41, 5.74) is 2.22. The highest BCUT2D eigenvalue weighted by Gasteiger charge is 2.34. The molecule has 1 atom stereocenters. The summed E-state index contributed by atoms with van der Waals surface area (Å²) in [6, 6.07) is 4.13. The summed E-state index contributed by atoms with van der Waals surface area (Å²) in [5, 5.41) is 0. The summed E-state index contributed by atoms with van der Waals surface area (Å²) in [4.78, 5) is 19.3. The summed E-state index contributed by atoms with van der Waals surface area (Å²) >= 11 is 0. The number of halogens is 2. The van der Waals surface area contributed by atoms with Gasteiger partial charge in [0.15, 0.2) is 33.1 Å². The van der Waals surface area contributed by atoms with E-state index in [1.807, 2.05) is 11.8 Å². The Kier molecular flexibility index (Phi) is 5.43. The van der Waals surface area contributed by atoms with Crippen molar-refractivity contribution in [1.29, 1.82) is 0 Å². The molecule has 172 valence electrons. The van der Waals surface area contributed by atoms with Crippen molar-refractivity contribution in [3.05, 3.63) is 59.7 Å². The van der Waals surface area contributed by atoms with Crippen LogP contribution in [-0.4, -0.2) is 53.0 Å². The molecule has 8 nitrogen and oxygen atoms in total. The second kappa shape index (κ2) is 8.29. The van der Waals surface area contributed by atoms with Crippen LogP contribution in [0.15, 0.2) is 36.8 Å². The zero-order chi connectivity index (χ0) is 23.2. The van der Waals surface area contributed by atoms with Gasteiger partial charge in [0.25, 0.3) is 0 Å². The molecule has 4 heterocycles. The van der Waals surface area contributed by atoms with Crippen LogP contribution >= 0.6 is 0 Å². The lowest BCUT2D eigenvalue weighted by Crippen LogP contribution is -2.40. The third-order valence-corrected chi connectivity index (χ3v) is 7.90. The number of sulfone groups is 1. The Bertz CT molecular complexity index is 1290. The van der Waals surface area contributed by atoms with Crippen LogP contribution in [-0.2, 0) is 16.3 Å². The van der Waals surface area contributed by atoms with Gasteiger partial charge in [-0.25, -0.2) is 32.7 Å². The van der Waals surface area contributed by atoms with Crippen LogP contribution in [0.3, 0.4) is 0 Å². The Morgan fingerprint density at radius 3 is 2.61 bits per heavy atom. The number of rotatable bonds is 5. The lowest BCUT2D eigenvalue weighted by Gasteiger charge is -2.36. The molecule has 1 unspecified atom stereocenters. The first-order chi connectivity index (χ1) is 15.8. The third kappa shape index (κ3) is 4.24. The summed E-state index contributed by atoms with van der Waals surface area (Å²) in [6.07, 6.45) is 5.56. The minimum absolute atomic E-state index is 0.00669. The highest BCUT2D eigenvalue weighted by atomic mass is 32.2. The Labute approximate surface area is 189 Å². The van der Waals surface area contributed by atoms with E-state index in [-0.39, 0.29) is 35.8 Å². The SMILES string of the molecule is CC1c2cnc(-c3ncccn3)nc2CCN1c1cc(F)c(F)c(OCC2CS(=O)(=O)C2)c1. The van der Waals surface area contributed by atoms with Gasteiger partial charge < -0.3 is 9.64 Å². The van der Waals surface area contributed by atoms with Crippen LogP contribution in [0.1, 0.15) is 24.2 Å². The monoisotopic (exact) mass is 473 g/mol. The van der Waals surface area contributed by atoms with E-state index in [4.69, 9.17) is 4.74 Å². The van der Waals surface area contributed by atoms with Gasteiger partial charge >= 0.3 is 0 Å². The lowest BCUT2D eigenvalue weighted by molar-refractivity contribution is 0.249. The van der Waals surface area contributed by atoms with Gasteiger partial charge in [-0.05, 0) is 13.0 Å². The normalized spacial score (nSPS) is 19.6. The average molecular weight is 474 g/mol. The largest absolute Gasteiger partial charge is 0.490 e. The van der Waals surface area contributed by atoms with E-state index in [0.717, 1.165) is 17.3 Å². The van der Waals surface area contributed by atoms with Crippen molar-refractivity contribution in [1.82, 2.24) is 19.9 Å². The van der Waals surface area contributed by atoms with Crippen molar-refractivity contribution in [2.45, 2.75) is 19.4 Å². The van der Waals surface area contributed by atoms with E-state index in [1.54, 1.807) is 24.7 Å². The van der Waals surface area contributed by atoms with E-state index < -0.39 is 21.5 Å². The Morgan fingerprint density at radius 2 is 1.88 bits per heavy atom. The van der Waals surface area contributed by atoms with Gasteiger partial charge in [0, 0.05) is 60.9 Å². The van der Waals surface area contributed by atoms with Crippen molar-refractivity contribution < 1.29 is 21.9 Å². The molecule has 1 fully saturated rings. The van der Waals surface area contributed by atoms with E-state index >= 15 is 0 Å². The molecule has 0 radical (unpaired) electrons. The molecule has 0 aliphatic carbocycles. The molecule has 0 amide bonds. The van der Waals surface area contributed by atoms with Crippen LogP contribution in [0, 0.1) is 17.6 Å². The third-order valence-electron chi connectivity index (χ3n) is 5.94. The van der Waals surface area contributed by atoms with Gasteiger partial charge in [0.05, 0.1) is 29.8 Å². The molecule has 1 saturated heterocycles. The second-order valence-corrected chi connectivity index (χ2v) is 10.4. The molecule has 3 aromatic rings. The molecule has 11 heteroatoms. The molecular formula is C22H21F2N5O3S. The maximum Gasteiger partial charge on any atom is 0.200 e. The number of ether oxygens (including phenoxy) is 1.